The van der Waals surface area contributed by atoms with Crippen molar-refractivity contribution in [2.45, 2.75) is 6.92 Å². The van der Waals surface area contributed by atoms with Crippen LogP contribution in [-0.2, 0) is 0 Å². The first-order valence-corrected chi connectivity index (χ1v) is 3.91. The minimum atomic E-state index is 1.05. The Hall–Kier alpha value is -0.890. The van der Waals surface area contributed by atoms with Gasteiger partial charge in [0.15, 0.2) is 5.51 Å². The van der Waals surface area contributed by atoms with Crippen LogP contribution in [0.5, 0.6) is 0 Å². The van der Waals surface area contributed by atoms with Gasteiger partial charge < -0.3 is 0 Å². The van der Waals surface area contributed by atoms with Crippen LogP contribution < -0.4 is 0 Å². The summed E-state index contributed by atoms with van der Waals surface area (Å²) < 4.78 is 1.22. The SMILES string of the molecule is Cc1ccc2n[c]sc2c1. The number of benzene rings is 1. The number of hydrogen-bond acceptors (Lipinski definition) is 2. The Morgan fingerprint density at radius 1 is 1.50 bits per heavy atom. The first kappa shape index (κ1) is 5.86. The van der Waals surface area contributed by atoms with Gasteiger partial charge in [0, 0.05) is 0 Å². The van der Waals surface area contributed by atoms with Crippen molar-refractivity contribution in [3.8, 4) is 0 Å². The van der Waals surface area contributed by atoms with Gasteiger partial charge in [-0.2, -0.15) is 0 Å². The summed E-state index contributed by atoms with van der Waals surface area (Å²) in [5, 5.41) is 0. The number of nitrogens with zero attached hydrogens (tertiary/aromatic N) is 1. The molecule has 2 heteroatoms. The Bertz CT molecular complexity index is 351. The molecule has 1 nitrogen and oxygen atoms in total. The maximum Gasteiger partial charge on any atom is 0.153 e. The van der Waals surface area contributed by atoms with E-state index in [1.807, 2.05) is 6.07 Å². The Labute approximate surface area is 63.3 Å². The van der Waals surface area contributed by atoms with E-state index in [9.17, 15) is 0 Å². The second-order valence-corrected chi connectivity index (χ2v) is 3.10. The summed E-state index contributed by atoms with van der Waals surface area (Å²) in [6.45, 7) is 2.08. The first-order valence-electron chi connectivity index (χ1n) is 3.09. The molecular formula is C8H6NS. The quantitative estimate of drug-likeness (QED) is 0.559. The number of rotatable bonds is 0. The highest BCUT2D eigenvalue weighted by atomic mass is 32.1. The smallest absolute Gasteiger partial charge is 0.153 e. The van der Waals surface area contributed by atoms with Crippen LogP contribution in [0.15, 0.2) is 18.2 Å². The minimum Gasteiger partial charge on any atom is -0.233 e. The van der Waals surface area contributed by atoms with Gasteiger partial charge in [0.2, 0.25) is 0 Å². The average Bonchev–Trinajstić information content (AvgIpc) is 2.33. The summed E-state index contributed by atoms with van der Waals surface area (Å²) in [4.78, 5) is 4.05. The van der Waals surface area contributed by atoms with Gasteiger partial charge in [0.05, 0.1) is 10.2 Å². The van der Waals surface area contributed by atoms with E-state index in [-0.39, 0.29) is 0 Å². The Morgan fingerprint density at radius 2 is 2.40 bits per heavy atom. The fourth-order valence-electron chi connectivity index (χ4n) is 0.917. The highest BCUT2D eigenvalue weighted by molar-refractivity contribution is 7.16. The summed E-state index contributed by atoms with van der Waals surface area (Å²) in [7, 11) is 0. The van der Waals surface area contributed by atoms with Crippen molar-refractivity contribution < 1.29 is 0 Å². The number of thiazole rings is 1. The highest BCUT2D eigenvalue weighted by Crippen LogP contribution is 2.17. The standard InChI is InChI=1S/C8H6NS/c1-6-2-3-7-8(4-6)10-5-9-7/h2-4H,1H3. The van der Waals surface area contributed by atoms with Crippen LogP contribution in [0.4, 0.5) is 0 Å². The lowest BCUT2D eigenvalue weighted by molar-refractivity contribution is 1.45. The van der Waals surface area contributed by atoms with E-state index in [2.05, 4.69) is 29.6 Å². The van der Waals surface area contributed by atoms with Crippen molar-refractivity contribution in [2.75, 3.05) is 0 Å². The third-order valence-electron chi connectivity index (χ3n) is 1.44. The highest BCUT2D eigenvalue weighted by Gasteiger charge is 1.94. The average molecular weight is 148 g/mol. The Kier molecular flexibility index (Phi) is 1.21. The topological polar surface area (TPSA) is 12.9 Å². The summed E-state index contributed by atoms with van der Waals surface area (Å²) >= 11 is 1.57. The van der Waals surface area contributed by atoms with Gasteiger partial charge in [-0.05, 0) is 24.6 Å². The van der Waals surface area contributed by atoms with E-state index in [4.69, 9.17) is 0 Å². The van der Waals surface area contributed by atoms with Gasteiger partial charge in [0.1, 0.15) is 0 Å². The van der Waals surface area contributed by atoms with Gasteiger partial charge >= 0.3 is 0 Å². The van der Waals surface area contributed by atoms with Crippen molar-refractivity contribution in [1.29, 1.82) is 0 Å². The molecule has 0 aliphatic rings. The molecular weight excluding hydrogens is 142 g/mol. The largest absolute Gasteiger partial charge is 0.233 e. The zero-order chi connectivity index (χ0) is 6.97. The summed E-state index contributed by atoms with van der Waals surface area (Å²) in [6.07, 6.45) is 0. The Balaban J connectivity index is 2.86. The first-order chi connectivity index (χ1) is 4.86. The molecule has 1 radical (unpaired) electrons. The van der Waals surface area contributed by atoms with E-state index in [1.54, 1.807) is 11.3 Å². The van der Waals surface area contributed by atoms with Gasteiger partial charge in [-0.3, -0.25) is 0 Å². The molecule has 1 aromatic carbocycles. The molecule has 1 aromatic heterocycles. The second-order valence-electron chi connectivity index (χ2n) is 2.28. The number of hydrogen-bond donors (Lipinski definition) is 0. The summed E-state index contributed by atoms with van der Waals surface area (Å²) in [5.41, 5.74) is 5.19. The third kappa shape index (κ3) is 0.809. The molecule has 0 atom stereocenters. The van der Waals surface area contributed by atoms with Crippen LogP contribution >= 0.6 is 11.3 Å². The second kappa shape index (κ2) is 2.06. The third-order valence-corrected chi connectivity index (χ3v) is 2.17. The molecule has 49 valence electrons. The molecule has 0 unspecified atom stereocenters. The van der Waals surface area contributed by atoms with E-state index >= 15 is 0 Å². The predicted octanol–water partition coefficient (Wildman–Crippen LogP) is 2.40. The molecule has 10 heavy (non-hydrogen) atoms. The molecule has 0 spiro atoms. The molecule has 0 aliphatic carbocycles. The molecule has 0 fully saturated rings. The van der Waals surface area contributed by atoms with E-state index < -0.39 is 0 Å². The maximum absolute atomic E-state index is 4.05. The summed E-state index contributed by atoms with van der Waals surface area (Å²) in [5.74, 6) is 0. The Morgan fingerprint density at radius 3 is 3.30 bits per heavy atom. The van der Waals surface area contributed by atoms with Gasteiger partial charge in [-0.1, -0.05) is 6.07 Å². The normalized spacial score (nSPS) is 10.5. The van der Waals surface area contributed by atoms with E-state index in [1.165, 1.54) is 10.3 Å². The fraction of sp³-hybridized carbons (Fsp3) is 0.125. The monoisotopic (exact) mass is 148 g/mol. The lowest BCUT2D eigenvalue weighted by atomic mass is 10.2. The van der Waals surface area contributed by atoms with Crippen molar-refractivity contribution in [3.05, 3.63) is 29.3 Å². The lowest BCUT2D eigenvalue weighted by Gasteiger charge is -1.88. The van der Waals surface area contributed by atoms with Crippen LogP contribution in [0, 0.1) is 12.4 Å². The summed E-state index contributed by atoms with van der Waals surface area (Å²) in [6, 6.07) is 6.22. The molecule has 0 saturated carbocycles. The van der Waals surface area contributed by atoms with Gasteiger partial charge in [0.25, 0.3) is 0 Å². The fourth-order valence-corrected chi connectivity index (χ4v) is 1.62. The molecule has 2 rings (SSSR count). The molecule has 0 aliphatic heterocycles. The molecule has 1 heterocycles. The van der Waals surface area contributed by atoms with Crippen LogP contribution in [0.2, 0.25) is 0 Å². The van der Waals surface area contributed by atoms with Crippen LogP contribution in [0.3, 0.4) is 0 Å². The molecule has 0 amide bonds. The molecule has 0 bridgehead atoms. The number of aryl methyl sites for hydroxylation is 1. The lowest BCUT2D eigenvalue weighted by Crippen LogP contribution is -1.69. The predicted molar refractivity (Wildman–Crippen MR) is 43.2 cm³/mol. The van der Waals surface area contributed by atoms with Crippen LogP contribution in [0.1, 0.15) is 5.56 Å². The van der Waals surface area contributed by atoms with E-state index in [0.29, 0.717) is 0 Å². The van der Waals surface area contributed by atoms with Crippen molar-refractivity contribution >= 4 is 21.6 Å². The van der Waals surface area contributed by atoms with E-state index in [0.717, 1.165) is 5.52 Å². The van der Waals surface area contributed by atoms with Crippen LogP contribution in [-0.4, -0.2) is 4.98 Å². The number of aromatic nitrogens is 1. The molecule has 0 saturated heterocycles. The zero-order valence-corrected chi connectivity index (χ0v) is 6.40. The van der Waals surface area contributed by atoms with Gasteiger partial charge in [-0.15, -0.1) is 11.3 Å². The minimum absolute atomic E-state index is 1.05. The van der Waals surface area contributed by atoms with Crippen molar-refractivity contribution in [1.82, 2.24) is 4.98 Å². The molecule has 2 aromatic rings. The van der Waals surface area contributed by atoms with Gasteiger partial charge in [-0.25, -0.2) is 4.98 Å². The maximum atomic E-state index is 4.05. The van der Waals surface area contributed by atoms with Crippen molar-refractivity contribution in [2.24, 2.45) is 0 Å². The molecule has 0 N–H and O–H groups in total. The van der Waals surface area contributed by atoms with Crippen molar-refractivity contribution in [3.63, 3.8) is 0 Å². The van der Waals surface area contributed by atoms with Crippen LogP contribution in [0.25, 0.3) is 10.2 Å². The zero-order valence-electron chi connectivity index (χ0n) is 5.59. The number of fused-ring (bicyclic) bond motifs is 1.